The van der Waals surface area contributed by atoms with Crippen LogP contribution >= 0.6 is 11.3 Å². The lowest BCUT2D eigenvalue weighted by atomic mass is 9.98. The van der Waals surface area contributed by atoms with Gasteiger partial charge in [0.2, 0.25) is 0 Å². The molecule has 0 amide bonds. The number of hydrogen-bond donors (Lipinski definition) is 1. The Balaban J connectivity index is 2.08. The molecule has 1 aromatic rings. The molecular weight excluding hydrogens is 270 g/mol. The van der Waals surface area contributed by atoms with E-state index >= 15 is 0 Å². The smallest absolute Gasteiger partial charge is 0.323 e. The van der Waals surface area contributed by atoms with Gasteiger partial charge in [-0.05, 0) is 50.2 Å². The number of rotatable bonds is 5. The molecule has 0 aromatic carbocycles. The van der Waals surface area contributed by atoms with E-state index < -0.39 is 0 Å². The third-order valence-electron chi connectivity index (χ3n) is 3.99. The highest BCUT2D eigenvalue weighted by molar-refractivity contribution is 7.12. The van der Waals surface area contributed by atoms with Crippen molar-refractivity contribution < 1.29 is 9.53 Å². The number of esters is 1. The molecule has 0 aliphatic heterocycles. The van der Waals surface area contributed by atoms with Gasteiger partial charge in [0.1, 0.15) is 6.04 Å². The lowest BCUT2D eigenvalue weighted by Crippen LogP contribution is -2.42. The standard InChI is InChI=1S/C16H25NO2S/c1-10(2)15(16(18)19-4)17-11(3)14-9-12-7-5-6-8-13(12)20-14/h9-11,15,17H,5-8H2,1-4H3. The summed E-state index contributed by atoms with van der Waals surface area (Å²) in [4.78, 5) is 14.7. The topological polar surface area (TPSA) is 38.3 Å². The average Bonchev–Trinajstić information content (AvgIpc) is 2.87. The van der Waals surface area contributed by atoms with Crippen LogP contribution in [0.5, 0.6) is 0 Å². The summed E-state index contributed by atoms with van der Waals surface area (Å²) in [6, 6.07) is 2.28. The Morgan fingerprint density at radius 1 is 1.30 bits per heavy atom. The van der Waals surface area contributed by atoms with Crippen LogP contribution in [-0.2, 0) is 22.4 Å². The van der Waals surface area contributed by atoms with E-state index in [1.54, 1.807) is 4.88 Å². The van der Waals surface area contributed by atoms with Gasteiger partial charge in [0.15, 0.2) is 0 Å². The van der Waals surface area contributed by atoms with E-state index in [-0.39, 0.29) is 24.0 Å². The summed E-state index contributed by atoms with van der Waals surface area (Å²) in [6.07, 6.45) is 5.05. The molecule has 2 atom stereocenters. The Morgan fingerprint density at radius 2 is 2.00 bits per heavy atom. The van der Waals surface area contributed by atoms with E-state index in [1.807, 2.05) is 25.2 Å². The average molecular weight is 295 g/mol. The van der Waals surface area contributed by atoms with Crippen LogP contribution in [0.4, 0.5) is 0 Å². The van der Waals surface area contributed by atoms with E-state index in [1.165, 1.54) is 43.2 Å². The molecule has 0 fully saturated rings. The number of nitrogens with one attached hydrogen (secondary N) is 1. The maximum absolute atomic E-state index is 11.8. The van der Waals surface area contributed by atoms with Crippen molar-refractivity contribution >= 4 is 17.3 Å². The lowest BCUT2D eigenvalue weighted by Gasteiger charge is -2.23. The van der Waals surface area contributed by atoms with E-state index in [0.717, 1.165) is 0 Å². The highest BCUT2D eigenvalue weighted by atomic mass is 32.1. The third kappa shape index (κ3) is 3.41. The normalized spacial score (nSPS) is 17.6. The minimum atomic E-state index is -0.242. The summed E-state index contributed by atoms with van der Waals surface area (Å²) in [5.41, 5.74) is 1.52. The van der Waals surface area contributed by atoms with Crippen LogP contribution in [0.1, 0.15) is 55.0 Å². The van der Waals surface area contributed by atoms with Gasteiger partial charge in [-0.3, -0.25) is 10.1 Å². The zero-order valence-corrected chi connectivity index (χ0v) is 13.7. The molecule has 1 aliphatic carbocycles. The van der Waals surface area contributed by atoms with Crippen molar-refractivity contribution in [3.63, 3.8) is 0 Å². The first-order valence-electron chi connectivity index (χ1n) is 7.48. The number of carbonyl (C=O) groups excluding carboxylic acids is 1. The Hall–Kier alpha value is -0.870. The Kier molecular flexibility index (Phi) is 5.22. The fourth-order valence-electron chi connectivity index (χ4n) is 2.74. The van der Waals surface area contributed by atoms with Gasteiger partial charge < -0.3 is 4.74 Å². The molecule has 1 aliphatic rings. The summed E-state index contributed by atoms with van der Waals surface area (Å²) in [5, 5.41) is 3.43. The van der Waals surface area contributed by atoms with Gasteiger partial charge in [0.05, 0.1) is 7.11 Å². The molecule has 0 spiro atoms. The molecule has 0 saturated heterocycles. The SMILES string of the molecule is COC(=O)C(NC(C)c1cc2c(s1)CCCC2)C(C)C. The van der Waals surface area contributed by atoms with Gasteiger partial charge in [-0.25, -0.2) is 0 Å². The summed E-state index contributed by atoms with van der Waals surface area (Å²) < 4.78 is 4.89. The Morgan fingerprint density at radius 3 is 2.60 bits per heavy atom. The number of carbonyl (C=O) groups is 1. The zero-order valence-electron chi connectivity index (χ0n) is 12.9. The fraction of sp³-hybridized carbons (Fsp3) is 0.688. The monoisotopic (exact) mass is 295 g/mol. The Labute approximate surface area is 125 Å². The van der Waals surface area contributed by atoms with Crippen molar-refractivity contribution in [3.8, 4) is 0 Å². The molecule has 0 radical (unpaired) electrons. The lowest BCUT2D eigenvalue weighted by molar-refractivity contribution is -0.144. The highest BCUT2D eigenvalue weighted by Gasteiger charge is 2.26. The molecule has 112 valence electrons. The van der Waals surface area contributed by atoms with Crippen LogP contribution in [-0.4, -0.2) is 19.1 Å². The van der Waals surface area contributed by atoms with Crippen LogP contribution in [0, 0.1) is 5.92 Å². The van der Waals surface area contributed by atoms with Crippen molar-refractivity contribution in [2.24, 2.45) is 5.92 Å². The van der Waals surface area contributed by atoms with Crippen LogP contribution in [0.15, 0.2) is 6.07 Å². The van der Waals surface area contributed by atoms with Gasteiger partial charge in [0, 0.05) is 15.8 Å². The van der Waals surface area contributed by atoms with E-state index in [4.69, 9.17) is 4.74 Å². The highest BCUT2D eigenvalue weighted by Crippen LogP contribution is 2.33. The molecule has 2 unspecified atom stereocenters. The Bertz CT molecular complexity index is 444. The molecule has 0 saturated carbocycles. The van der Waals surface area contributed by atoms with Crippen molar-refractivity contribution in [1.29, 1.82) is 0 Å². The summed E-state index contributed by atoms with van der Waals surface area (Å²) in [6.45, 7) is 6.22. The molecule has 1 N–H and O–H groups in total. The number of fused-ring (bicyclic) bond motifs is 1. The first-order valence-corrected chi connectivity index (χ1v) is 8.30. The summed E-state index contributed by atoms with van der Waals surface area (Å²) >= 11 is 1.90. The predicted molar refractivity (Wildman–Crippen MR) is 83.2 cm³/mol. The maximum atomic E-state index is 11.8. The van der Waals surface area contributed by atoms with Gasteiger partial charge >= 0.3 is 5.97 Å². The second-order valence-electron chi connectivity index (χ2n) is 5.94. The minimum absolute atomic E-state index is 0.173. The van der Waals surface area contributed by atoms with Gasteiger partial charge in [-0.1, -0.05) is 13.8 Å². The van der Waals surface area contributed by atoms with Crippen molar-refractivity contribution in [2.45, 2.75) is 58.5 Å². The second-order valence-corrected chi connectivity index (χ2v) is 7.11. The first-order chi connectivity index (χ1) is 9.52. The molecule has 1 aromatic heterocycles. The van der Waals surface area contributed by atoms with Crippen LogP contribution in [0.2, 0.25) is 0 Å². The van der Waals surface area contributed by atoms with Gasteiger partial charge in [-0.2, -0.15) is 0 Å². The first kappa shape index (κ1) is 15.5. The molecule has 20 heavy (non-hydrogen) atoms. The molecule has 0 bridgehead atoms. The minimum Gasteiger partial charge on any atom is -0.468 e. The van der Waals surface area contributed by atoms with Crippen molar-refractivity contribution in [3.05, 3.63) is 21.4 Å². The van der Waals surface area contributed by atoms with Crippen molar-refractivity contribution in [2.75, 3.05) is 7.11 Å². The molecule has 3 nitrogen and oxygen atoms in total. The van der Waals surface area contributed by atoms with Crippen LogP contribution in [0.25, 0.3) is 0 Å². The largest absolute Gasteiger partial charge is 0.468 e. The number of aryl methyl sites for hydroxylation is 2. The number of hydrogen-bond acceptors (Lipinski definition) is 4. The van der Waals surface area contributed by atoms with E-state index in [0.29, 0.717) is 0 Å². The van der Waals surface area contributed by atoms with Crippen LogP contribution < -0.4 is 5.32 Å². The number of ether oxygens (including phenoxy) is 1. The second kappa shape index (κ2) is 6.72. The molecule has 1 heterocycles. The summed E-state index contributed by atoms with van der Waals surface area (Å²) in [7, 11) is 1.45. The van der Waals surface area contributed by atoms with Gasteiger partial charge in [-0.15, -0.1) is 11.3 Å². The summed E-state index contributed by atoms with van der Waals surface area (Å²) in [5.74, 6) is 0.0488. The zero-order chi connectivity index (χ0) is 14.7. The quantitative estimate of drug-likeness (QED) is 0.845. The van der Waals surface area contributed by atoms with E-state index in [2.05, 4.69) is 18.3 Å². The van der Waals surface area contributed by atoms with E-state index in [9.17, 15) is 4.79 Å². The number of methoxy groups -OCH3 is 1. The molecular formula is C16H25NO2S. The maximum Gasteiger partial charge on any atom is 0.323 e. The molecule has 4 heteroatoms. The van der Waals surface area contributed by atoms with Gasteiger partial charge in [0.25, 0.3) is 0 Å². The van der Waals surface area contributed by atoms with Crippen molar-refractivity contribution in [1.82, 2.24) is 5.32 Å². The molecule has 2 rings (SSSR count). The fourth-order valence-corrected chi connectivity index (χ4v) is 4.01. The number of thiophene rings is 1. The predicted octanol–water partition coefficient (Wildman–Crippen LogP) is 3.48. The van der Waals surface area contributed by atoms with Crippen LogP contribution in [0.3, 0.4) is 0 Å². The third-order valence-corrected chi connectivity index (χ3v) is 5.41.